The zero-order valence-corrected chi connectivity index (χ0v) is 19.0. The summed E-state index contributed by atoms with van der Waals surface area (Å²) >= 11 is 3.19. The number of nitrogens with one attached hydrogen (secondary N) is 1. The fraction of sp³-hybridized carbons (Fsp3) is 0.273. The van der Waals surface area contributed by atoms with Crippen molar-refractivity contribution in [3.8, 4) is 18.1 Å². The van der Waals surface area contributed by atoms with Crippen LogP contribution in [0.4, 0.5) is 16.2 Å². The Morgan fingerprint density at radius 2 is 2.00 bits per heavy atom. The van der Waals surface area contributed by atoms with Crippen molar-refractivity contribution in [3.05, 3.63) is 53.6 Å². The first-order valence-electron chi connectivity index (χ1n) is 9.46. The Balaban J connectivity index is 2.35. The molecule has 0 aliphatic carbocycles. The van der Waals surface area contributed by atoms with Crippen LogP contribution < -0.4 is 20.9 Å². The third kappa shape index (κ3) is 6.20. The van der Waals surface area contributed by atoms with E-state index in [4.69, 9.17) is 22.0 Å². The summed E-state index contributed by atoms with van der Waals surface area (Å²) in [5, 5.41) is 3.60. The summed E-state index contributed by atoms with van der Waals surface area (Å²) in [5.41, 5.74) is 2.83. The van der Waals surface area contributed by atoms with E-state index in [2.05, 4.69) is 18.2 Å². The van der Waals surface area contributed by atoms with Crippen LogP contribution in [0.3, 0.4) is 0 Å². The highest BCUT2D eigenvalue weighted by Gasteiger charge is 2.17. The number of ether oxygens (including phenoxy) is 1. The fourth-order valence-electron chi connectivity index (χ4n) is 2.61. The molecule has 0 aromatic heterocycles. The van der Waals surface area contributed by atoms with Gasteiger partial charge in [0.2, 0.25) is 0 Å². The molecular weight excluding hydrogens is 416 g/mol. The molecule has 6 nitrogen and oxygen atoms in total. The van der Waals surface area contributed by atoms with Crippen LogP contribution >= 0.6 is 23.5 Å². The SMILES string of the molecule is C#Cc1cccc(N(N)C(=O)NC)c1CSC(=Nc1ccccc1OCC)SCC. The summed E-state index contributed by atoms with van der Waals surface area (Å²) in [6.07, 6.45) is 5.70. The Hall–Kier alpha value is -2.60. The second-order valence-electron chi connectivity index (χ2n) is 5.87. The molecule has 0 spiro atoms. The largest absolute Gasteiger partial charge is 0.492 e. The fourth-order valence-corrected chi connectivity index (χ4v) is 4.61. The highest BCUT2D eigenvalue weighted by atomic mass is 32.2. The third-order valence-corrected chi connectivity index (χ3v) is 6.09. The Labute approximate surface area is 186 Å². The van der Waals surface area contributed by atoms with Gasteiger partial charge in [-0.25, -0.2) is 20.6 Å². The van der Waals surface area contributed by atoms with Crippen molar-refractivity contribution in [3.63, 3.8) is 0 Å². The first-order chi connectivity index (χ1) is 14.5. The van der Waals surface area contributed by atoms with Gasteiger partial charge < -0.3 is 10.1 Å². The number of benzene rings is 2. The highest BCUT2D eigenvalue weighted by Crippen LogP contribution is 2.33. The van der Waals surface area contributed by atoms with E-state index in [1.807, 2.05) is 37.3 Å². The molecule has 2 amide bonds. The van der Waals surface area contributed by atoms with Gasteiger partial charge >= 0.3 is 6.03 Å². The van der Waals surface area contributed by atoms with E-state index in [0.717, 1.165) is 32.1 Å². The van der Waals surface area contributed by atoms with Crippen molar-refractivity contribution >= 4 is 45.3 Å². The molecule has 2 aromatic carbocycles. The molecule has 0 radical (unpaired) electrons. The Kier molecular flexibility index (Phi) is 9.61. The van der Waals surface area contributed by atoms with E-state index in [0.29, 0.717) is 23.6 Å². The number of aliphatic imine (C=N–C) groups is 1. The standard InChI is InChI=1S/C22H26N4O2S2/c1-5-16-11-10-13-19(26(23)21(27)24-4)17(16)15-30-22(29-7-3)25-18-12-8-9-14-20(18)28-6-2/h1,8-14H,6-7,15,23H2,2-4H3,(H,24,27). The number of hydrogen-bond acceptors (Lipinski definition) is 6. The molecule has 0 atom stereocenters. The number of carbonyl (C=O) groups is 1. The predicted octanol–water partition coefficient (Wildman–Crippen LogP) is 4.76. The number of amides is 2. The van der Waals surface area contributed by atoms with Gasteiger partial charge in [0, 0.05) is 23.9 Å². The molecule has 0 aliphatic rings. The van der Waals surface area contributed by atoms with E-state index in [1.54, 1.807) is 35.7 Å². The summed E-state index contributed by atoms with van der Waals surface area (Å²) in [6, 6.07) is 12.7. The van der Waals surface area contributed by atoms with E-state index < -0.39 is 6.03 Å². The molecule has 158 valence electrons. The average molecular weight is 443 g/mol. The molecule has 0 saturated heterocycles. The van der Waals surface area contributed by atoms with Crippen molar-refractivity contribution in [1.82, 2.24) is 5.32 Å². The number of rotatable bonds is 7. The molecule has 30 heavy (non-hydrogen) atoms. The Morgan fingerprint density at radius 1 is 1.23 bits per heavy atom. The van der Waals surface area contributed by atoms with E-state index >= 15 is 0 Å². The Morgan fingerprint density at radius 3 is 2.67 bits per heavy atom. The zero-order valence-electron chi connectivity index (χ0n) is 17.3. The van der Waals surface area contributed by atoms with Crippen molar-refractivity contribution in [2.45, 2.75) is 19.6 Å². The molecule has 3 N–H and O–H groups in total. The summed E-state index contributed by atoms with van der Waals surface area (Å²) < 4.78 is 6.57. The van der Waals surface area contributed by atoms with Crippen LogP contribution in [0.2, 0.25) is 0 Å². The van der Waals surface area contributed by atoms with Crippen LogP contribution in [-0.4, -0.2) is 29.8 Å². The topological polar surface area (TPSA) is 80.0 Å². The number of para-hydroxylation sites is 2. The van der Waals surface area contributed by atoms with Crippen LogP contribution in [0, 0.1) is 12.3 Å². The van der Waals surface area contributed by atoms with Gasteiger partial charge in [-0.2, -0.15) is 0 Å². The van der Waals surface area contributed by atoms with Crippen LogP contribution in [0.25, 0.3) is 0 Å². The van der Waals surface area contributed by atoms with Crippen LogP contribution in [-0.2, 0) is 5.75 Å². The van der Waals surface area contributed by atoms with E-state index in [-0.39, 0.29) is 0 Å². The maximum atomic E-state index is 12.0. The number of carbonyl (C=O) groups excluding carboxylic acids is 1. The van der Waals surface area contributed by atoms with Crippen molar-refractivity contribution in [2.75, 3.05) is 24.4 Å². The molecule has 0 saturated carbocycles. The summed E-state index contributed by atoms with van der Waals surface area (Å²) in [7, 11) is 1.53. The number of hydrazine groups is 1. The molecule has 0 fully saturated rings. The first kappa shape index (κ1) is 23.7. The summed E-state index contributed by atoms with van der Waals surface area (Å²) in [4.78, 5) is 16.8. The molecule has 0 unspecified atom stereocenters. The number of urea groups is 1. The zero-order chi connectivity index (χ0) is 21.9. The molecular formula is C22H26N4O2S2. The predicted molar refractivity (Wildman–Crippen MR) is 130 cm³/mol. The Bertz CT molecular complexity index is 941. The van der Waals surface area contributed by atoms with Crippen molar-refractivity contribution in [1.29, 1.82) is 0 Å². The lowest BCUT2D eigenvalue weighted by Gasteiger charge is -2.20. The minimum Gasteiger partial charge on any atom is -0.492 e. The average Bonchev–Trinajstić information content (AvgIpc) is 2.77. The van der Waals surface area contributed by atoms with Gasteiger partial charge in [0.1, 0.15) is 15.8 Å². The lowest BCUT2D eigenvalue weighted by Crippen LogP contribution is -2.43. The summed E-state index contributed by atoms with van der Waals surface area (Å²) in [6.45, 7) is 4.59. The normalized spacial score (nSPS) is 11.0. The minimum atomic E-state index is -0.419. The third-order valence-electron chi connectivity index (χ3n) is 3.98. The molecule has 0 aliphatic heterocycles. The van der Waals surface area contributed by atoms with Crippen molar-refractivity contribution in [2.24, 2.45) is 10.8 Å². The summed E-state index contributed by atoms with van der Waals surface area (Å²) in [5.74, 6) is 10.8. The lowest BCUT2D eigenvalue weighted by molar-refractivity contribution is 0.248. The molecule has 2 rings (SSSR count). The molecule has 2 aromatic rings. The second-order valence-corrected chi connectivity index (χ2v) is 8.35. The second kappa shape index (κ2) is 12.2. The van der Waals surface area contributed by atoms with E-state index in [1.165, 1.54) is 7.05 Å². The maximum absolute atomic E-state index is 12.0. The van der Waals surface area contributed by atoms with Gasteiger partial charge in [-0.1, -0.05) is 54.6 Å². The molecule has 8 heteroatoms. The molecule has 0 bridgehead atoms. The monoisotopic (exact) mass is 442 g/mol. The number of anilines is 1. The number of thioether (sulfide) groups is 2. The first-order valence-corrected chi connectivity index (χ1v) is 11.4. The highest BCUT2D eigenvalue weighted by molar-refractivity contribution is 8.38. The van der Waals surface area contributed by atoms with Gasteiger partial charge in [-0.05, 0) is 36.9 Å². The van der Waals surface area contributed by atoms with Crippen LogP contribution in [0.5, 0.6) is 5.75 Å². The number of nitrogens with two attached hydrogens (primary N) is 1. The van der Waals surface area contributed by atoms with E-state index in [9.17, 15) is 4.79 Å². The maximum Gasteiger partial charge on any atom is 0.336 e. The number of hydrogen-bond donors (Lipinski definition) is 2. The van der Waals surface area contributed by atoms with Gasteiger partial charge in [0.05, 0.1) is 12.3 Å². The number of terminal acetylenes is 1. The van der Waals surface area contributed by atoms with Gasteiger partial charge in [0.25, 0.3) is 0 Å². The number of nitrogens with zero attached hydrogens (tertiary/aromatic N) is 2. The van der Waals surface area contributed by atoms with Gasteiger partial charge in [0.15, 0.2) is 0 Å². The quantitative estimate of drug-likeness (QED) is 0.161. The lowest BCUT2D eigenvalue weighted by atomic mass is 10.1. The smallest absolute Gasteiger partial charge is 0.336 e. The van der Waals surface area contributed by atoms with Gasteiger partial charge in [-0.3, -0.25) is 0 Å². The van der Waals surface area contributed by atoms with Gasteiger partial charge in [-0.15, -0.1) is 6.42 Å². The van der Waals surface area contributed by atoms with Crippen LogP contribution in [0.15, 0.2) is 47.5 Å². The van der Waals surface area contributed by atoms with Crippen molar-refractivity contribution < 1.29 is 9.53 Å². The minimum absolute atomic E-state index is 0.419. The molecule has 0 heterocycles. The van der Waals surface area contributed by atoms with Crippen LogP contribution in [0.1, 0.15) is 25.0 Å².